The van der Waals surface area contributed by atoms with Crippen LogP contribution in [0.15, 0.2) is 23.4 Å². The van der Waals surface area contributed by atoms with Gasteiger partial charge >= 0.3 is 0 Å². The third kappa shape index (κ3) is 4.24. The zero-order valence-electron chi connectivity index (χ0n) is 11.5. The number of hydrogen-bond donors (Lipinski definition) is 3. The highest BCUT2D eigenvalue weighted by molar-refractivity contribution is 5.87. The van der Waals surface area contributed by atoms with Gasteiger partial charge in [-0.05, 0) is 32.9 Å². The largest absolute Gasteiger partial charge is 0.494 e. The quantitative estimate of drug-likeness (QED) is 0.304. The van der Waals surface area contributed by atoms with Gasteiger partial charge in [0, 0.05) is 6.07 Å². The van der Waals surface area contributed by atoms with E-state index in [9.17, 15) is 0 Å². The summed E-state index contributed by atoms with van der Waals surface area (Å²) in [7, 11) is 0. The van der Waals surface area contributed by atoms with E-state index in [1.807, 2.05) is 32.0 Å². The highest BCUT2D eigenvalue weighted by atomic mass is 16.5. The van der Waals surface area contributed by atoms with Gasteiger partial charge in [0.1, 0.15) is 11.5 Å². The molecule has 0 saturated carbocycles. The number of nitrogens with one attached hydrogen (secondary N) is 1. The Morgan fingerprint density at radius 2 is 2.05 bits per heavy atom. The van der Waals surface area contributed by atoms with Gasteiger partial charge < -0.3 is 25.7 Å². The lowest BCUT2D eigenvalue weighted by Crippen LogP contribution is -2.33. The van der Waals surface area contributed by atoms with Crippen LogP contribution in [0, 0.1) is 0 Å². The molecule has 1 atom stereocenters. The minimum atomic E-state index is -0.318. The molecule has 0 aliphatic carbocycles. The third-order valence-corrected chi connectivity index (χ3v) is 2.49. The Bertz CT molecular complexity index is 435. The summed E-state index contributed by atoms with van der Waals surface area (Å²) in [6, 6.07) is 5.18. The van der Waals surface area contributed by atoms with Crippen molar-refractivity contribution in [2.75, 3.05) is 18.5 Å². The van der Waals surface area contributed by atoms with Crippen LogP contribution >= 0.6 is 0 Å². The molecule has 0 aliphatic rings. The van der Waals surface area contributed by atoms with Gasteiger partial charge in [0.2, 0.25) is 0 Å². The van der Waals surface area contributed by atoms with Gasteiger partial charge in [-0.1, -0.05) is 5.16 Å². The first kappa shape index (κ1) is 14.9. The average Bonchev–Trinajstić information content (AvgIpc) is 2.41. The van der Waals surface area contributed by atoms with E-state index in [2.05, 4.69) is 10.5 Å². The van der Waals surface area contributed by atoms with Gasteiger partial charge in [0.15, 0.2) is 5.84 Å². The number of nitrogens with zero attached hydrogens (tertiary/aromatic N) is 1. The molecular weight excluding hydrogens is 246 g/mol. The smallest absolute Gasteiger partial charge is 0.161 e. The molecule has 0 amide bonds. The molecule has 1 aromatic rings. The summed E-state index contributed by atoms with van der Waals surface area (Å²) in [4.78, 5) is 0. The zero-order chi connectivity index (χ0) is 14.3. The highest BCUT2D eigenvalue weighted by Gasteiger charge is 2.12. The number of nitrogens with two attached hydrogens (primary N) is 1. The molecule has 6 nitrogen and oxygen atoms in total. The van der Waals surface area contributed by atoms with Crippen molar-refractivity contribution >= 4 is 11.5 Å². The summed E-state index contributed by atoms with van der Waals surface area (Å²) in [6.07, 6.45) is 0. The van der Waals surface area contributed by atoms with E-state index in [1.165, 1.54) is 0 Å². The number of anilines is 1. The third-order valence-electron chi connectivity index (χ3n) is 2.49. The molecule has 106 valence electrons. The van der Waals surface area contributed by atoms with Gasteiger partial charge in [-0.15, -0.1) is 0 Å². The minimum absolute atomic E-state index is 0.101. The van der Waals surface area contributed by atoms with Crippen LogP contribution in [0.4, 0.5) is 5.69 Å². The first-order chi connectivity index (χ1) is 9.12. The molecule has 0 radical (unpaired) electrons. The standard InChI is InChI=1S/C13H21N3O3/c1-4-18-10-6-7-12(19-5-2)11(8-10)15-9(3)13(14)16-17/h6-9,15,17H,4-5H2,1-3H3,(H2,14,16). The summed E-state index contributed by atoms with van der Waals surface area (Å²) >= 11 is 0. The first-order valence-corrected chi connectivity index (χ1v) is 6.25. The van der Waals surface area contributed by atoms with E-state index in [0.717, 1.165) is 11.4 Å². The number of amidine groups is 1. The van der Waals surface area contributed by atoms with E-state index in [4.69, 9.17) is 20.4 Å². The van der Waals surface area contributed by atoms with E-state index >= 15 is 0 Å². The molecule has 0 spiro atoms. The molecular formula is C13H21N3O3. The summed E-state index contributed by atoms with van der Waals surface area (Å²) < 4.78 is 11.0. The Balaban J connectivity index is 2.96. The van der Waals surface area contributed by atoms with Crippen molar-refractivity contribution < 1.29 is 14.7 Å². The molecule has 0 fully saturated rings. The van der Waals surface area contributed by atoms with Gasteiger partial charge in [-0.25, -0.2) is 0 Å². The van der Waals surface area contributed by atoms with E-state index in [1.54, 1.807) is 6.92 Å². The summed E-state index contributed by atoms with van der Waals surface area (Å²) in [6.45, 7) is 6.76. The predicted octanol–water partition coefficient (Wildman–Crippen LogP) is 2.03. The number of hydrogen-bond acceptors (Lipinski definition) is 5. The maximum atomic E-state index is 8.66. The van der Waals surface area contributed by atoms with Crippen LogP contribution in [0.2, 0.25) is 0 Å². The van der Waals surface area contributed by atoms with E-state index in [-0.39, 0.29) is 11.9 Å². The monoisotopic (exact) mass is 267 g/mol. The van der Waals surface area contributed by atoms with Crippen molar-refractivity contribution in [3.63, 3.8) is 0 Å². The number of oxime groups is 1. The summed E-state index contributed by atoms with van der Waals surface area (Å²) in [5.74, 6) is 1.54. The van der Waals surface area contributed by atoms with Crippen LogP contribution in [0.5, 0.6) is 11.5 Å². The topological polar surface area (TPSA) is 89.1 Å². The van der Waals surface area contributed by atoms with Crippen molar-refractivity contribution in [1.29, 1.82) is 0 Å². The maximum absolute atomic E-state index is 8.66. The number of benzene rings is 1. The fourth-order valence-electron chi connectivity index (χ4n) is 1.55. The number of rotatable bonds is 7. The normalized spacial score (nSPS) is 12.9. The Labute approximate surface area is 113 Å². The summed E-state index contributed by atoms with van der Waals surface area (Å²) in [5.41, 5.74) is 6.29. The molecule has 0 saturated heterocycles. The Kier molecular flexibility index (Phi) is 5.78. The van der Waals surface area contributed by atoms with Crippen LogP contribution in [0.25, 0.3) is 0 Å². The molecule has 19 heavy (non-hydrogen) atoms. The molecule has 4 N–H and O–H groups in total. The van der Waals surface area contributed by atoms with Crippen molar-refractivity contribution in [2.24, 2.45) is 10.9 Å². The Hall–Kier alpha value is -2.11. The lowest BCUT2D eigenvalue weighted by Gasteiger charge is -2.18. The molecule has 0 bridgehead atoms. The minimum Gasteiger partial charge on any atom is -0.494 e. The van der Waals surface area contributed by atoms with Gasteiger partial charge in [0.05, 0.1) is 24.9 Å². The lowest BCUT2D eigenvalue weighted by molar-refractivity contribution is 0.316. The highest BCUT2D eigenvalue weighted by Crippen LogP contribution is 2.30. The van der Waals surface area contributed by atoms with Crippen LogP contribution in [-0.2, 0) is 0 Å². The SMILES string of the molecule is CCOc1ccc(OCC)c(NC(C)C(N)=NO)c1. The molecule has 0 heterocycles. The van der Waals surface area contributed by atoms with Crippen LogP contribution < -0.4 is 20.5 Å². The van der Waals surface area contributed by atoms with Crippen molar-refractivity contribution in [2.45, 2.75) is 26.8 Å². The van der Waals surface area contributed by atoms with Crippen LogP contribution in [-0.4, -0.2) is 30.3 Å². The molecule has 0 aliphatic heterocycles. The molecule has 0 aromatic heterocycles. The average molecular weight is 267 g/mol. The Morgan fingerprint density at radius 1 is 1.37 bits per heavy atom. The fourth-order valence-corrected chi connectivity index (χ4v) is 1.55. The molecule has 1 unspecified atom stereocenters. The second-order valence-corrected chi connectivity index (χ2v) is 3.91. The molecule has 6 heteroatoms. The van der Waals surface area contributed by atoms with Crippen molar-refractivity contribution in [3.8, 4) is 11.5 Å². The van der Waals surface area contributed by atoms with Crippen molar-refractivity contribution in [1.82, 2.24) is 0 Å². The van der Waals surface area contributed by atoms with Crippen molar-refractivity contribution in [3.05, 3.63) is 18.2 Å². The fraction of sp³-hybridized carbons (Fsp3) is 0.462. The first-order valence-electron chi connectivity index (χ1n) is 6.25. The predicted molar refractivity (Wildman–Crippen MR) is 75.3 cm³/mol. The van der Waals surface area contributed by atoms with E-state index < -0.39 is 0 Å². The van der Waals surface area contributed by atoms with Crippen LogP contribution in [0.1, 0.15) is 20.8 Å². The Morgan fingerprint density at radius 3 is 2.63 bits per heavy atom. The second-order valence-electron chi connectivity index (χ2n) is 3.91. The van der Waals surface area contributed by atoms with Gasteiger partial charge in [0.25, 0.3) is 0 Å². The van der Waals surface area contributed by atoms with Crippen LogP contribution in [0.3, 0.4) is 0 Å². The molecule has 1 aromatic carbocycles. The number of ether oxygens (including phenoxy) is 2. The van der Waals surface area contributed by atoms with Gasteiger partial charge in [-0.2, -0.15) is 0 Å². The van der Waals surface area contributed by atoms with Gasteiger partial charge in [-0.3, -0.25) is 0 Å². The zero-order valence-corrected chi connectivity index (χ0v) is 11.5. The molecule has 1 rings (SSSR count). The maximum Gasteiger partial charge on any atom is 0.161 e. The second kappa shape index (κ2) is 7.35. The van der Waals surface area contributed by atoms with E-state index in [0.29, 0.717) is 19.0 Å². The summed E-state index contributed by atoms with van der Waals surface area (Å²) in [5, 5.41) is 14.8. The lowest BCUT2D eigenvalue weighted by atomic mass is 10.2.